The monoisotopic (exact) mass is 215 g/mol. The third-order valence-electron chi connectivity index (χ3n) is 2.91. The van der Waals surface area contributed by atoms with Crippen LogP contribution in [0, 0.1) is 0 Å². The van der Waals surface area contributed by atoms with Gasteiger partial charge in [-0.05, 0) is 47.0 Å². The molecule has 2 N–H and O–H groups in total. The Morgan fingerprint density at radius 1 is 1.47 bits per heavy atom. The first-order valence-corrected chi connectivity index (χ1v) is 5.97. The molecule has 0 aromatic carbocycles. The lowest BCUT2D eigenvalue weighted by Gasteiger charge is -2.37. The minimum Gasteiger partial charge on any atom is -0.393 e. The summed E-state index contributed by atoms with van der Waals surface area (Å²) in [7, 11) is 0. The van der Waals surface area contributed by atoms with Gasteiger partial charge in [-0.2, -0.15) is 0 Å². The summed E-state index contributed by atoms with van der Waals surface area (Å²) >= 11 is 0. The summed E-state index contributed by atoms with van der Waals surface area (Å²) in [5.41, 5.74) is 0.000464. The van der Waals surface area contributed by atoms with Crippen molar-refractivity contribution < 1.29 is 9.84 Å². The number of aliphatic hydroxyl groups excluding tert-OH is 1. The maximum atomic E-state index is 9.29. The zero-order valence-electron chi connectivity index (χ0n) is 10.4. The molecule has 0 amide bonds. The van der Waals surface area contributed by atoms with Crippen molar-refractivity contribution in [1.82, 2.24) is 5.32 Å². The van der Waals surface area contributed by atoms with Crippen LogP contribution in [-0.2, 0) is 4.74 Å². The molecule has 0 bridgehead atoms. The Bertz CT molecular complexity index is 192. The third kappa shape index (κ3) is 4.96. The molecule has 1 rings (SSSR count). The van der Waals surface area contributed by atoms with Crippen LogP contribution in [0.3, 0.4) is 0 Å². The van der Waals surface area contributed by atoms with Gasteiger partial charge in [0.2, 0.25) is 0 Å². The average Bonchev–Trinajstić information content (AvgIpc) is 1.99. The Balaban J connectivity index is 2.31. The lowest BCUT2D eigenvalue weighted by Crippen LogP contribution is -2.47. The summed E-state index contributed by atoms with van der Waals surface area (Å²) in [6.45, 7) is 9.09. The van der Waals surface area contributed by atoms with Crippen molar-refractivity contribution in [3.8, 4) is 0 Å². The Kier molecular flexibility index (Phi) is 4.56. The Labute approximate surface area is 93.2 Å². The van der Waals surface area contributed by atoms with E-state index in [0.29, 0.717) is 12.1 Å². The molecule has 3 atom stereocenters. The van der Waals surface area contributed by atoms with Crippen LogP contribution in [-0.4, -0.2) is 35.5 Å². The fourth-order valence-electron chi connectivity index (χ4n) is 2.36. The van der Waals surface area contributed by atoms with Gasteiger partial charge in [-0.15, -0.1) is 0 Å². The normalized spacial score (nSPS) is 29.8. The van der Waals surface area contributed by atoms with Gasteiger partial charge in [0.25, 0.3) is 0 Å². The Morgan fingerprint density at radius 3 is 2.67 bits per heavy atom. The van der Waals surface area contributed by atoms with Crippen molar-refractivity contribution >= 4 is 0 Å². The van der Waals surface area contributed by atoms with Crippen LogP contribution in [0.2, 0.25) is 0 Å². The van der Waals surface area contributed by atoms with Crippen LogP contribution in [0.4, 0.5) is 0 Å². The number of hydrogen-bond donors (Lipinski definition) is 2. The minimum absolute atomic E-state index is 0.000464. The predicted molar refractivity (Wildman–Crippen MR) is 61.9 cm³/mol. The van der Waals surface area contributed by atoms with E-state index in [1.54, 1.807) is 0 Å². The third-order valence-corrected chi connectivity index (χ3v) is 2.91. The van der Waals surface area contributed by atoms with Crippen LogP contribution in [0.5, 0.6) is 0 Å². The summed E-state index contributed by atoms with van der Waals surface area (Å²) < 4.78 is 5.67. The fourth-order valence-corrected chi connectivity index (χ4v) is 2.36. The molecule has 0 saturated carbocycles. The molecular formula is C12H25NO2. The highest BCUT2D eigenvalue weighted by molar-refractivity contribution is 4.84. The van der Waals surface area contributed by atoms with Crippen LogP contribution >= 0.6 is 0 Å². The number of nitrogens with one attached hydrogen (secondary N) is 1. The van der Waals surface area contributed by atoms with Gasteiger partial charge < -0.3 is 15.2 Å². The average molecular weight is 215 g/mol. The number of rotatable bonds is 4. The topological polar surface area (TPSA) is 41.5 Å². The fraction of sp³-hybridized carbons (Fsp3) is 1.00. The Morgan fingerprint density at radius 2 is 2.13 bits per heavy atom. The van der Waals surface area contributed by atoms with Gasteiger partial charge in [-0.3, -0.25) is 0 Å². The standard InChI is InChI=1S/C12H25NO2/c1-9(7-10(2)14)13-11-5-6-15-12(3,4)8-11/h9-11,13-14H,5-8H2,1-4H3. The van der Waals surface area contributed by atoms with Gasteiger partial charge in [0.1, 0.15) is 0 Å². The molecule has 0 aromatic rings. The largest absolute Gasteiger partial charge is 0.393 e. The maximum Gasteiger partial charge on any atom is 0.0641 e. The van der Waals surface area contributed by atoms with E-state index in [-0.39, 0.29) is 11.7 Å². The second kappa shape index (κ2) is 5.28. The molecule has 0 aromatic heterocycles. The smallest absolute Gasteiger partial charge is 0.0641 e. The molecule has 1 heterocycles. The van der Waals surface area contributed by atoms with Gasteiger partial charge >= 0.3 is 0 Å². The van der Waals surface area contributed by atoms with Crippen LogP contribution in [0.25, 0.3) is 0 Å². The second-order valence-corrected chi connectivity index (χ2v) is 5.45. The van der Waals surface area contributed by atoms with Crippen LogP contribution < -0.4 is 5.32 Å². The molecule has 3 heteroatoms. The molecule has 90 valence electrons. The van der Waals surface area contributed by atoms with Crippen molar-refractivity contribution in [2.24, 2.45) is 0 Å². The highest BCUT2D eigenvalue weighted by atomic mass is 16.5. The molecule has 0 spiro atoms. The van der Waals surface area contributed by atoms with E-state index in [1.165, 1.54) is 0 Å². The van der Waals surface area contributed by atoms with E-state index in [0.717, 1.165) is 25.9 Å². The first-order valence-electron chi connectivity index (χ1n) is 5.97. The predicted octanol–water partition coefficient (Wildman–Crippen LogP) is 1.69. The first kappa shape index (κ1) is 12.9. The van der Waals surface area contributed by atoms with E-state index in [1.807, 2.05) is 6.92 Å². The molecule has 0 aliphatic carbocycles. The van der Waals surface area contributed by atoms with Crippen molar-refractivity contribution in [3.05, 3.63) is 0 Å². The molecule has 1 fully saturated rings. The number of aliphatic hydroxyl groups is 1. The number of hydrogen-bond acceptors (Lipinski definition) is 3. The molecule has 1 aliphatic rings. The van der Waals surface area contributed by atoms with Gasteiger partial charge in [0.15, 0.2) is 0 Å². The minimum atomic E-state index is -0.222. The molecule has 1 aliphatic heterocycles. The summed E-state index contributed by atoms with van der Waals surface area (Å²) in [6.07, 6.45) is 2.73. The molecule has 0 radical (unpaired) electrons. The van der Waals surface area contributed by atoms with Gasteiger partial charge in [-0.25, -0.2) is 0 Å². The summed E-state index contributed by atoms with van der Waals surface area (Å²) in [4.78, 5) is 0. The van der Waals surface area contributed by atoms with Crippen LogP contribution in [0.15, 0.2) is 0 Å². The van der Waals surface area contributed by atoms with E-state index in [4.69, 9.17) is 4.74 Å². The van der Waals surface area contributed by atoms with E-state index >= 15 is 0 Å². The number of ether oxygens (including phenoxy) is 1. The van der Waals surface area contributed by atoms with E-state index in [2.05, 4.69) is 26.1 Å². The zero-order chi connectivity index (χ0) is 11.5. The second-order valence-electron chi connectivity index (χ2n) is 5.45. The lowest BCUT2D eigenvalue weighted by atomic mass is 9.93. The highest BCUT2D eigenvalue weighted by Gasteiger charge is 2.29. The summed E-state index contributed by atoms with van der Waals surface area (Å²) in [5.74, 6) is 0. The van der Waals surface area contributed by atoms with Crippen molar-refractivity contribution in [2.45, 2.75) is 70.7 Å². The molecule has 3 nitrogen and oxygen atoms in total. The summed E-state index contributed by atoms with van der Waals surface area (Å²) in [5, 5.41) is 12.9. The SMILES string of the molecule is CC(O)CC(C)NC1CCOC(C)(C)C1. The van der Waals surface area contributed by atoms with Crippen LogP contribution in [0.1, 0.15) is 47.0 Å². The van der Waals surface area contributed by atoms with E-state index < -0.39 is 0 Å². The van der Waals surface area contributed by atoms with Gasteiger partial charge in [0, 0.05) is 18.7 Å². The zero-order valence-corrected chi connectivity index (χ0v) is 10.4. The Hall–Kier alpha value is -0.120. The molecule has 3 unspecified atom stereocenters. The van der Waals surface area contributed by atoms with Gasteiger partial charge in [-0.1, -0.05) is 0 Å². The van der Waals surface area contributed by atoms with Crippen molar-refractivity contribution in [3.63, 3.8) is 0 Å². The molecular weight excluding hydrogens is 190 g/mol. The molecule has 1 saturated heterocycles. The quantitative estimate of drug-likeness (QED) is 0.750. The van der Waals surface area contributed by atoms with Gasteiger partial charge in [0.05, 0.1) is 11.7 Å². The summed E-state index contributed by atoms with van der Waals surface area (Å²) in [6, 6.07) is 0.909. The van der Waals surface area contributed by atoms with Crippen molar-refractivity contribution in [1.29, 1.82) is 0 Å². The first-order chi connectivity index (χ1) is 6.89. The maximum absolute atomic E-state index is 9.29. The highest BCUT2D eigenvalue weighted by Crippen LogP contribution is 2.24. The lowest BCUT2D eigenvalue weighted by molar-refractivity contribution is -0.0643. The molecule has 15 heavy (non-hydrogen) atoms. The van der Waals surface area contributed by atoms with Crippen molar-refractivity contribution in [2.75, 3.05) is 6.61 Å². The van der Waals surface area contributed by atoms with E-state index in [9.17, 15) is 5.11 Å².